The second kappa shape index (κ2) is 5.54. The Morgan fingerprint density at radius 3 is 2.65 bits per heavy atom. The molecule has 0 aliphatic heterocycles. The van der Waals surface area contributed by atoms with Gasteiger partial charge >= 0.3 is 5.97 Å². The van der Waals surface area contributed by atoms with E-state index in [9.17, 15) is 14.0 Å². The lowest BCUT2D eigenvalue weighted by atomic mass is 10.0. The van der Waals surface area contributed by atoms with E-state index < -0.39 is 12.0 Å². The van der Waals surface area contributed by atoms with E-state index >= 15 is 0 Å². The minimum atomic E-state index is -1.03. The molecule has 0 bridgehead atoms. The van der Waals surface area contributed by atoms with Crippen LogP contribution in [0, 0.1) is 12.7 Å². The van der Waals surface area contributed by atoms with Gasteiger partial charge in [-0.2, -0.15) is 0 Å². The van der Waals surface area contributed by atoms with Crippen LogP contribution in [0.15, 0.2) is 18.2 Å². The van der Waals surface area contributed by atoms with Gasteiger partial charge in [0.05, 0.1) is 12.6 Å². The average Bonchev–Trinajstić information content (AvgIpc) is 2.28. The maximum Gasteiger partial charge on any atom is 0.317 e. The van der Waals surface area contributed by atoms with E-state index in [2.05, 4.69) is 5.32 Å². The van der Waals surface area contributed by atoms with Crippen LogP contribution < -0.4 is 5.32 Å². The van der Waals surface area contributed by atoms with Crippen LogP contribution in [0.1, 0.15) is 22.8 Å². The van der Waals surface area contributed by atoms with Gasteiger partial charge in [0.1, 0.15) is 5.82 Å². The first-order chi connectivity index (χ1) is 7.91. The van der Waals surface area contributed by atoms with Gasteiger partial charge < -0.3 is 5.11 Å². The minimum Gasteiger partial charge on any atom is -0.480 e. The molecule has 0 heterocycles. The standard InChI is InChI=1S/C12H14FNO3/c1-7-5-9(3-4-10(7)13)12(17)8(2)14-6-11(15)16/h3-5,8,14H,6H2,1-2H3,(H,15,16). The van der Waals surface area contributed by atoms with Crippen LogP contribution in [0.5, 0.6) is 0 Å². The summed E-state index contributed by atoms with van der Waals surface area (Å²) in [5, 5.41) is 11.0. The fourth-order valence-corrected chi connectivity index (χ4v) is 1.38. The predicted octanol–water partition coefficient (Wildman–Crippen LogP) is 1.38. The highest BCUT2D eigenvalue weighted by Gasteiger charge is 2.16. The zero-order valence-electron chi connectivity index (χ0n) is 9.66. The topological polar surface area (TPSA) is 66.4 Å². The van der Waals surface area contributed by atoms with Gasteiger partial charge in [0.2, 0.25) is 0 Å². The first-order valence-corrected chi connectivity index (χ1v) is 5.17. The highest BCUT2D eigenvalue weighted by atomic mass is 19.1. The van der Waals surface area contributed by atoms with E-state index in [-0.39, 0.29) is 18.1 Å². The van der Waals surface area contributed by atoms with Crippen LogP contribution in [-0.4, -0.2) is 29.4 Å². The average molecular weight is 239 g/mol. The number of nitrogens with one attached hydrogen (secondary N) is 1. The number of rotatable bonds is 5. The highest BCUT2D eigenvalue weighted by Crippen LogP contribution is 2.11. The van der Waals surface area contributed by atoms with Crippen LogP contribution in [0.25, 0.3) is 0 Å². The molecule has 0 spiro atoms. The van der Waals surface area contributed by atoms with Gasteiger partial charge in [0.25, 0.3) is 0 Å². The van der Waals surface area contributed by atoms with Crippen molar-refractivity contribution in [1.82, 2.24) is 5.32 Å². The number of carbonyl (C=O) groups excluding carboxylic acids is 1. The second-order valence-electron chi connectivity index (χ2n) is 3.82. The molecule has 1 rings (SSSR count). The first-order valence-electron chi connectivity index (χ1n) is 5.17. The molecule has 0 aliphatic rings. The minimum absolute atomic E-state index is 0.255. The third-order valence-electron chi connectivity index (χ3n) is 2.40. The molecular formula is C12H14FNO3. The van der Waals surface area contributed by atoms with Gasteiger partial charge in [0.15, 0.2) is 5.78 Å². The molecule has 0 saturated carbocycles. The summed E-state index contributed by atoms with van der Waals surface area (Å²) in [5.41, 5.74) is 0.760. The molecule has 2 N–H and O–H groups in total. The molecule has 0 fully saturated rings. The van der Waals surface area contributed by atoms with Crippen LogP contribution in [0.2, 0.25) is 0 Å². The number of carboxylic acid groups (broad SMARTS) is 1. The highest BCUT2D eigenvalue weighted by molar-refractivity contribution is 6.00. The Morgan fingerprint density at radius 1 is 1.47 bits per heavy atom. The van der Waals surface area contributed by atoms with Gasteiger partial charge in [0, 0.05) is 5.56 Å². The Labute approximate surface area is 98.5 Å². The van der Waals surface area contributed by atoms with E-state index in [1.165, 1.54) is 18.2 Å². The van der Waals surface area contributed by atoms with Crippen molar-refractivity contribution >= 4 is 11.8 Å². The number of carboxylic acids is 1. The lowest BCUT2D eigenvalue weighted by Crippen LogP contribution is -2.37. The van der Waals surface area contributed by atoms with Crippen molar-refractivity contribution in [3.8, 4) is 0 Å². The van der Waals surface area contributed by atoms with Gasteiger partial charge in [-0.15, -0.1) is 0 Å². The van der Waals surface area contributed by atoms with Crippen molar-refractivity contribution in [3.63, 3.8) is 0 Å². The number of hydrogen-bond acceptors (Lipinski definition) is 3. The summed E-state index contributed by atoms with van der Waals surface area (Å²) in [6.07, 6.45) is 0. The molecule has 1 unspecified atom stereocenters. The van der Waals surface area contributed by atoms with Crippen molar-refractivity contribution in [1.29, 1.82) is 0 Å². The van der Waals surface area contributed by atoms with Crippen molar-refractivity contribution < 1.29 is 19.1 Å². The predicted molar refractivity (Wildman–Crippen MR) is 60.6 cm³/mol. The summed E-state index contributed by atoms with van der Waals surface area (Å²) in [5.74, 6) is -1.65. The number of halogens is 1. The molecule has 1 atom stereocenters. The molecule has 0 aromatic heterocycles. The lowest BCUT2D eigenvalue weighted by molar-refractivity contribution is -0.136. The second-order valence-corrected chi connectivity index (χ2v) is 3.82. The molecule has 0 saturated heterocycles. The Hall–Kier alpha value is -1.75. The smallest absolute Gasteiger partial charge is 0.317 e. The third-order valence-corrected chi connectivity index (χ3v) is 2.40. The monoisotopic (exact) mass is 239 g/mol. The first kappa shape index (κ1) is 13.3. The fraction of sp³-hybridized carbons (Fsp3) is 0.333. The van der Waals surface area contributed by atoms with Gasteiger partial charge in [-0.25, -0.2) is 4.39 Å². The molecule has 1 aromatic rings. The summed E-state index contributed by atoms with van der Waals surface area (Å²) in [6, 6.07) is 3.46. The number of aliphatic carboxylic acids is 1. The maximum absolute atomic E-state index is 13.0. The summed E-state index contributed by atoms with van der Waals surface area (Å²) in [6.45, 7) is 2.86. The quantitative estimate of drug-likeness (QED) is 0.762. The SMILES string of the molecule is Cc1cc(C(=O)C(C)NCC(=O)O)ccc1F. The van der Waals surface area contributed by atoms with E-state index in [1.807, 2.05) is 0 Å². The van der Waals surface area contributed by atoms with E-state index in [4.69, 9.17) is 5.11 Å². The van der Waals surface area contributed by atoms with Crippen LogP contribution in [0.3, 0.4) is 0 Å². The summed E-state index contributed by atoms with van der Waals surface area (Å²) >= 11 is 0. The number of aryl methyl sites for hydroxylation is 1. The normalized spacial score (nSPS) is 12.2. The molecule has 17 heavy (non-hydrogen) atoms. The van der Waals surface area contributed by atoms with Crippen LogP contribution >= 0.6 is 0 Å². The molecule has 5 heteroatoms. The molecule has 4 nitrogen and oxygen atoms in total. The van der Waals surface area contributed by atoms with Crippen molar-refractivity contribution in [2.24, 2.45) is 0 Å². The van der Waals surface area contributed by atoms with E-state index in [1.54, 1.807) is 13.8 Å². The van der Waals surface area contributed by atoms with E-state index in [0.29, 0.717) is 11.1 Å². The molecule has 0 radical (unpaired) electrons. The number of Topliss-reactive ketones (excluding diaryl/α,β-unsaturated/α-hetero) is 1. The molecular weight excluding hydrogens is 225 g/mol. The Bertz CT molecular complexity index is 445. The van der Waals surface area contributed by atoms with Gasteiger partial charge in [-0.1, -0.05) is 0 Å². The maximum atomic E-state index is 13.0. The van der Waals surface area contributed by atoms with Gasteiger partial charge in [-0.05, 0) is 37.6 Å². The number of ketones is 1. The Kier molecular flexibility index (Phi) is 4.34. The summed E-state index contributed by atoms with van der Waals surface area (Å²) in [4.78, 5) is 22.2. The zero-order chi connectivity index (χ0) is 13.0. The van der Waals surface area contributed by atoms with Crippen LogP contribution in [0.4, 0.5) is 4.39 Å². The number of carbonyl (C=O) groups is 2. The molecule has 1 aromatic carbocycles. The van der Waals surface area contributed by atoms with Gasteiger partial charge in [-0.3, -0.25) is 14.9 Å². The largest absolute Gasteiger partial charge is 0.480 e. The molecule has 0 amide bonds. The lowest BCUT2D eigenvalue weighted by Gasteiger charge is -2.11. The zero-order valence-corrected chi connectivity index (χ0v) is 9.66. The summed E-state index contributed by atoms with van der Waals surface area (Å²) in [7, 11) is 0. The van der Waals surface area contributed by atoms with Crippen LogP contribution in [-0.2, 0) is 4.79 Å². The molecule has 92 valence electrons. The fourth-order valence-electron chi connectivity index (χ4n) is 1.38. The van der Waals surface area contributed by atoms with Crippen molar-refractivity contribution in [3.05, 3.63) is 35.1 Å². The molecule has 0 aliphatic carbocycles. The number of benzene rings is 1. The third kappa shape index (κ3) is 3.64. The van der Waals surface area contributed by atoms with E-state index in [0.717, 1.165) is 0 Å². The summed E-state index contributed by atoms with van der Waals surface area (Å²) < 4.78 is 13.0. The van der Waals surface area contributed by atoms with Crippen molar-refractivity contribution in [2.45, 2.75) is 19.9 Å². The Morgan fingerprint density at radius 2 is 2.12 bits per heavy atom. The van der Waals surface area contributed by atoms with Crippen molar-refractivity contribution in [2.75, 3.05) is 6.54 Å². The number of hydrogen-bond donors (Lipinski definition) is 2. The Balaban J connectivity index is 2.74.